The van der Waals surface area contributed by atoms with Gasteiger partial charge in [-0.2, -0.15) is 0 Å². The molecular weight excluding hydrogens is 450 g/mol. The van der Waals surface area contributed by atoms with Gasteiger partial charge in [0.25, 0.3) is 0 Å². The molecule has 1 N–H and O–H groups in total. The summed E-state index contributed by atoms with van der Waals surface area (Å²) in [6.07, 6.45) is 5.64. The Morgan fingerprint density at radius 3 is 2.49 bits per heavy atom. The van der Waals surface area contributed by atoms with Crippen LogP contribution in [-0.4, -0.2) is 36.8 Å². The van der Waals surface area contributed by atoms with Gasteiger partial charge in [-0.25, -0.2) is 0 Å². The number of aliphatic imine (C=N–C) groups is 1. The van der Waals surface area contributed by atoms with Gasteiger partial charge in [-0.05, 0) is 97.4 Å². The highest BCUT2D eigenvalue weighted by Gasteiger charge is 2.35. The third-order valence-electron chi connectivity index (χ3n) is 8.63. The number of rotatable bonds is 7. The van der Waals surface area contributed by atoms with E-state index in [0.29, 0.717) is 24.3 Å². The quantitative estimate of drug-likeness (QED) is 0.329. The molecule has 2 aliphatic heterocycles. The van der Waals surface area contributed by atoms with Crippen LogP contribution in [0.2, 0.25) is 0 Å². The molecule has 2 fully saturated rings. The van der Waals surface area contributed by atoms with E-state index in [0.717, 1.165) is 56.0 Å². The van der Waals surface area contributed by atoms with Crippen LogP contribution in [0, 0.1) is 11.8 Å². The second-order valence-corrected chi connectivity index (χ2v) is 11.2. The van der Waals surface area contributed by atoms with Crippen LogP contribution in [0.4, 0.5) is 0 Å². The predicted octanol–water partition coefficient (Wildman–Crippen LogP) is 7.14. The topological polar surface area (TPSA) is 27.6 Å². The van der Waals surface area contributed by atoms with E-state index in [1.54, 1.807) is 0 Å². The standard InChI is InChI=1S/C34H41N3/c1-23(21-35-26(4)28-9-7-6-8-10-28)22-37-17-15-29(16-18-37)30-12-14-32-25(3)34(20-31(32)19-30)33-13-11-24(2)36-27(33)5/h6-10,12,14,19,29,33-34,36H,1-3,5,11,13,15-18,20-22H2,4H3/b35-26+. The SMILES string of the molecule is C=C(C/N=C(\C)c1ccccc1)CN1CCC(c2ccc3c(c2)CC(C2CCC(=C)NC2=C)C3=C)CC1. The normalized spacial score (nSPS) is 23.2. The van der Waals surface area contributed by atoms with Crippen LogP contribution in [0.5, 0.6) is 0 Å². The summed E-state index contributed by atoms with van der Waals surface area (Å²) in [7, 11) is 0. The molecule has 2 atom stereocenters. The van der Waals surface area contributed by atoms with Gasteiger partial charge in [0.1, 0.15) is 0 Å². The van der Waals surface area contributed by atoms with Crippen molar-refractivity contribution < 1.29 is 0 Å². The smallest absolute Gasteiger partial charge is 0.0612 e. The van der Waals surface area contributed by atoms with Crippen LogP contribution >= 0.6 is 0 Å². The van der Waals surface area contributed by atoms with Crippen LogP contribution in [0.15, 0.2) is 96.8 Å². The molecule has 0 spiro atoms. The highest BCUT2D eigenvalue weighted by Crippen LogP contribution is 2.45. The first-order valence-electron chi connectivity index (χ1n) is 13.8. The van der Waals surface area contributed by atoms with Gasteiger partial charge in [0.05, 0.1) is 6.54 Å². The van der Waals surface area contributed by atoms with Gasteiger partial charge in [-0.15, -0.1) is 0 Å². The summed E-state index contributed by atoms with van der Waals surface area (Å²) >= 11 is 0. The van der Waals surface area contributed by atoms with Gasteiger partial charge in [0.2, 0.25) is 0 Å². The van der Waals surface area contributed by atoms with Crippen molar-refractivity contribution in [2.75, 3.05) is 26.2 Å². The van der Waals surface area contributed by atoms with Crippen LogP contribution < -0.4 is 5.32 Å². The number of hydrogen-bond acceptors (Lipinski definition) is 3. The zero-order valence-corrected chi connectivity index (χ0v) is 22.4. The van der Waals surface area contributed by atoms with Crippen molar-refractivity contribution in [3.8, 4) is 0 Å². The molecule has 0 radical (unpaired) electrons. The molecule has 0 saturated carbocycles. The summed E-state index contributed by atoms with van der Waals surface area (Å²) in [6.45, 7) is 23.2. The maximum Gasteiger partial charge on any atom is 0.0612 e. The molecule has 192 valence electrons. The molecule has 3 heteroatoms. The fourth-order valence-corrected chi connectivity index (χ4v) is 6.42. The van der Waals surface area contributed by atoms with Gasteiger partial charge in [0.15, 0.2) is 0 Å². The van der Waals surface area contributed by atoms with Crippen molar-refractivity contribution in [3.63, 3.8) is 0 Å². The molecule has 2 aromatic rings. The van der Waals surface area contributed by atoms with Gasteiger partial charge >= 0.3 is 0 Å². The van der Waals surface area contributed by atoms with Gasteiger partial charge in [-0.1, -0.05) is 74.8 Å². The Bertz CT molecular complexity index is 1230. The summed E-state index contributed by atoms with van der Waals surface area (Å²) in [4.78, 5) is 7.33. The molecule has 3 nitrogen and oxygen atoms in total. The molecular formula is C34H41N3. The highest BCUT2D eigenvalue weighted by atomic mass is 15.1. The molecule has 3 aliphatic rings. The van der Waals surface area contributed by atoms with Gasteiger partial charge in [0, 0.05) is 29.6 Å². The molecule has 5 rings (SSSR count). The highest BCUT2D eigenvalue weighted by molar-refractivity contribution is 5.98. The Hall–Kier alpha value is -3.17. The van der Waals surface area contributed by atoms with E-state index in [1.165, 1.54) is 46.2 Å². The third-order valence-corrected chi connectivity index (χ3v) is 8.63. The maximum absolute atomic E-state index is 4.78. The van der Waals surface area contributed by atoms with E-state index in [2.05, 4.69) is 85.9 Å². The summed E-state index contributed by atoms with van der Waals surface area (Å²) in [5, 5.41) is 3.41. The Morgan fingerprint density at radius 2 is 1.76 bits per heavy atom. The van der Waals surface area contributed by atoms with Crippen LogP contribution in [-0.2, 0) is 6.42 Å². The number of likely N-dealkylation sites (tertiary alicyclic amines) is 1. The van der Waals surface area contributed by atoms with Crippen molar-refractivity contribution in [2.45, 2.75) is 44.9 Å². The number of allylic oxidation sites excluding steroid dienone is 3. The van der Waals surface area contributed by atoms with Crippen molar-refractivity contribution >= 4 is 11.3 Å². The lowest BCUT2D eigenvalue weighted by Gasteiger charge is -2.32. The molecule has 2 aromatic carbocycles. The third kappa shape index (κ3) is 5.72. The van der Waals surface area contributed by atoms with E-state index in [1.807, 2.05) is 6.07 Å². The number of nitrogens with zero attached hydrogens (tertiary/aromatic N) is 2. The first kappa shape index (κ1) is 25.5. The number of fused-ring (bicyclic) bond motifs is 1. The molecule has 37 heavy (non-hydrogen) atoms. The Morgan fingerprint density at radius 1 is 1.00 bits per heavy atom. The minimum Gasteiger partial charge on any atom is -0.363 e. The second-order valence-electron chi connectivity index (χ2n) is 11.2. The minimum atomic E-state index is 0.450. The summed E-state index contributed by atoms with van der Waals surface area (Å²) in [5.74, 6) is 1.54. The first-order valence-corrected chi connectivity index (χ1v) is 13.8. The molecule has 0 aromatic heterocycles. The van der Waals surface area contributed by atoms with E-state index >= 15 is 0 Å². The minimum absolute atomic E-state index is 0.450. The van der Waals surface area contributed by atoms with Crippen LogP contribution in [0.25, 0.3) is 5.57 Å². The number of hydrogen-bond donors (Lipinski definition) is 1. The molecule has 0 bridgehead atoms. The van der Waals surface area contributed by atoms with E-state index in [9.17, 15) is 0 Å². The Balaban J connectivity index is 1.14. The van der Waals surface area contributed by atoms with E-state index in [4.69, 9.17) is 4.99 Å². The summed E-state index contributed by atoms with van der Waals surface area (Å²) < 4.78 is 0. The van der Waals surface area contributed by atoms with Crippen molar-refractivity contribution in [3.05, 3.63) is 114 Å². The second kappa shape index (κ2) is 11.1. The van der Waals surface area contributed by atoms with Crippen LogP contribution in [0.3, 0.4) is 0 Å². The van der Waals surface area contributed by atoms with Gasteiger partial charge < -0.3 is 5.32 Å². The Kier molecular flexibility index (Phi) is 7.62. The van der Waals surface area contributed by atoms with Crippen LogP contribution in [0.1, 0.15) is 60.8 Å². The van der Waals surface area contributed by atoms with E-state index in [-0.39, 0.29) is 0 Å². The van der Waals surface area contributed by atoms with Crippen molar-refractivity contribution in [2.24, 2.45) is 16.8 Å². The van der Waals surface area contributed by atoms with Gasteiger partial charge in [-0.3, -0.25) is 9.89 Å². The predicted molar refractivity (Wildman–Crippen MR) is 158 cm³/mol. The van der Waals surface area contributed by atoms with Crippen molar-refractivity contribution in [1.82, 2.24) is 10.2 Å². The molecule has 1 aliphatic carbocycles. The fourth-order valence-electron chi connectivity index (χ4n) is 6.42. The lowest BCUT2D eigenvalue weighted by molar-refractivity contribution is 0.228. The number of nitrogens with one attached hydrogen (secondary N) is 1. The largest absolute Gasteiger partial charge is 0.363 e. The first-order chi connectivity index (χ1) is 17.9. The molecule has 2 saturated heterocycles. The Labute approximate surface area is 223 Å². The lowest BCUT2D eigenvalue weighted by atomic mass is 9.80. The average Bonchev–Trinajstić information content (AvgIpc) is 3.23. The zero-order chi connectivity index (χ0) is 25.9. The molecule has 2 unspecified atom stereocenters. The lowest BCUT2D eigenvalue weighted by Crippen LogP contribution is -2.34. The van der Waals surface area contributed by atoms with Crippen molar-refractivity contribution in [1.29, 1.82) is 0 Å². The monoisotopic (exact) mass is 491 g/mol. The molecule has 2 heterocycles. The molecule has 0 amide bonds. The number of benzene rings is 2. The maximum atomic E-state index is 4.78. The van der Waals surface area contributed by atoms with E-state index < -0.39 is 0 Å². The summed E-state index contributed by atoms with van der Waals surface area (Å²) in [5.41, 5.74) is 11.3. The summed E-state index contributed by atoms with van der Waals surface area (Å²) in [6, 6.07) is 17.6. The fraction of sp³-hybridized carbons (Fsp3) is 0.382. The average molecular weight is 492 g/mol. The number of piperidine rings is 2. The zero-order valence-electron chi connectivity index (χ0n) is 22.4.